The van der Waals surface area contributed by atoms with Gasteiger partial charge in [0.1, 0.15) is 0 Å². The van der Waals surface area contributed by atoms with E-state index in [9.17, 15) is 9.59 Å². The summed E-state index contributed by atoms with van der Waals surface area (Å²) >= 11 is 0. The van der Waals surface area contributed by atoms with E-state index < -0.39 is 0 Å². The standard InChI is InChI=1S/C22H28N4O2/c27-21-12-11-17(15-26(21)13-5-8-16-6-2-1-3-7-16)22(28)23-14-20-18-9-4-10-19(18)24-25-20/h1-3,6-7,17H,4-5,8-15H2,(H,23,28)(H,24,25)/t17-/m0/s1. The lowest BCUT2D eigenvalue weighted by molar-refractivity contribution is -0.138. The number of aromatic nitrogens is 2. The second kappa shape index (κ2) is 8.59. The summed E-state index contributed by atoms with van der Waals surface area (Å²) in [5.74, 6) is 0.0824. The van der Waals surface area contributed by atoms with Crippen molar-refractivity contribution in [3.63, 3.8) is 0 Å². The van der Waals surface area contributed by atoms with Crippen molar-refractivity contribution in [3.8, 4) is 0 Å². The summed E-state index contributed by atoms with van der Waals surface area (Å²) in [7, 11) is 0. The van der Waals surface area contributed by atoms with Gasteiger partial charge in [-0.2, -0.15) is 5.10 Å². The van der Waals surface area contributed by atoms with Crippen molar-refractivity contribution < 1.29 is 9.59 Å². The van der Waals surface area contributed by atoms with E-state index in [1.54, 1.807) is 0 Å². The lowest BCUT2D eigenvalue weighted by Crippen LogP contribution is -2.46. The predicted molar refractivity (Wildman–Crippen MR) is 107 cm³/mol. The zero-order chi connectivity index (χ0) is 19.3. The van der Waals surface area contributed by atoms with Crippen LogP contribution >= 0.6 is 0 Å². The van der Waals surface area contributed by atoms with Crippen LogP contribution in [-0.2, 0) is 35.4 Å². The maximum atomic E-state index is 12.7. The largest absolute Gasteiger partial charge is 0.350 e. The van der Waals surface area contributed by atoms with Crippen molar-refractivity contribution in [2.24, 2.45) is 5.92 Å². The highest BCUT2D eigenvalue weighted by Crippen LogP contribution is 2.23. The van der Waals surface area contributed by atoms with E-state index in [0.29, 0.717) is 32.5 Å². The molecular formula is C22H28N4O2. The second-order valence-corrected chi connectivity index (χ2v) is 7.86. The summed E-state index contributed by atoms with van der Waals surface area (Å²) in [6.45, 7) is 1.71. The first-order valence-corrected chi connectivity index (χ1v) is 10.3. The maximum absolute atomic E-state index is 12.7. The Morgan fingerprint density at radius 2 is 2.07 bits per heavy atom. The van der Waals surface area contributed by atoms with Gasteiger partial charge in [0, 0.05) is 25.2 Å². The van der Waals surface area contributed by atoms with Gasteiger partial charge in [-0.25, -0.2) is 0 Å². The summed E-state index contributed by atoms with van der Waals surface area (Å²) in [5.41, 5.74) is 4.75. The third kappa shape index (κ3) is 4.26. The fourth-order valence-corrected chi connectivity index (χ4v) is 4.31. The highest BCUT2D eigenvalue weighted by molar-refractivity contribution is 5.83. The zero-order valence-corrected chi connectivity index (χ0v) is 16.2. The lowest BCUT2D eigenvalue weighted by Gasteiger charge is -2.32. The second-order valence-electron chi connectivity index (χ2n) is 7.86. The minimum absolute atomic E-state index is 0.0373. The highest BCUT2D eigenvalue weighted by Gasteiger charge is 2.30. The van der Waals surface area contributed by atoms with Gasteiger partial charge in [0.05, 0.1) is 18.2 Å². The fourth-order valence-electron chi connectivity index (χ4n) is 4.31. The van der Waals surface area contributed by atoms with Crippen molar-refractivity contribution in [1.82, 2.24) is 20.4 Å². The number of piperidine rings is 1. The van der Waals surface area contributed by atoms with Crippen molar-refractivity contribution in [3.05, 3.63) is 52.8 Å². The number of carbonyl (C=O) groups is 2. The quantitative estimate of drug-likeness (QED) is 0.774. The molecule has 1 aromatic carbocycles. The molecule has 1 aromatic heterocycles. The summed E-state index contributed by atoms with van der Waals surface area (Å²) in [4.78, 5) is 26.8. The molecule has 0 saturated carbocycles. The summed E-state index contributed by atoms with van der Waals surface area (Å²) in [6.07, 6.45) is 6.23. The SMILES string of the molecule is O=C(NCc1n[nH]c2c1CCC2)[C@H]1CCC(=O)N(CCCc2ccccc2)C1. The Bertz CT molecular complexity index is 830. The van der Waals surface area contributed by atoms with Crippen LogP contribution in [0.2, 0.25) is 0 Å². The van der Waals surface area contributed by atoms with Crippen LogP contribution in [0.25, 0.3) is 0 Å². The van der Waals surface area contributed by atoms with E-state index >= 15 is 0 Å². The minimum atomic E-state index is -0.124. The molecule has 1 atom stereocenters. The molecule has 1 aliphatic carbocycles. The van der Waals surface area contributed by atoms with Crippen LogP contribution < -0.4 is 5.32 Å². The molecule has 1 fully saturated rings. The van der Waals surface area contributed by atoms with Crippen molar-refractivity contribution in [1.29, 1.82) is 0 Å². The molecular weight excluding hydrogens is 352 g/mol. The first-order valence-electron chi connectivity index (χ1n) is 10.3. The molecule has 28 heavy (non-hydrogen) atoms. The van der Waals surface area contributed by atoms with Crippen LogP contribution in [0.5, 0.6) is 0 Å². The molecule has 0 bridgehead atoms. The molecule has 6 heteroatoms. The third-order valence-electron chi connectivity index (χ3n) is 5.93. The van der Waals surface area contributed by atoms with E-state index in [2.05, 4.69) is 27.6 Å². The average molecular weight is 380 g/mol. The van der Waals surface area contributed by atoms with Gasteiger partial charge in [-0.1, -0.05) is 30.3 Å². The number of nitrogens with one attached hydrogen (secondary N) is 2. The zero-order valence-electron chi connectivity index (χ0n) is 16.2. The number of carbonyl (C=O) groups excluding carboxylic acids is 2. The monoisotopic (exact) mass is 380 g/mol. The number of hydrogen-bond acceptors (Lipinski definition) is 3. The van der Waals surface area contributed by atoms with E-state index in [-0.39, 0.29) is 17.7 Å². The number of aromatic amines is 1. The number of benzene rings is 1. The Morgan fingerprint density at radius 3 is 2.93 bits per heavy atom. The highest BCUT2D eigenvalue weighted by atomic mass is 16.2. The Hall–Kier alpha value is -2.63. The van der Waals surface area contributed by atoms with Crippen LogP contribution in [-0.4, -0.2) is 40.0 Å². The normalized spacial score (nSPS) is 18.9. The third-order valence-corrected chi connectivity index (χ3v) is 5.93. The number of amides is 2. The molecule has 1 saturated heterocycles. The smallest absolute Gasteiger partial charge is 0.225 e. The number of nitrogens with zero attached hydrogens (tertiary/aromatic N) is 2. The van der Waals surface area contributed by atoms with Crippen molar-refractivity contribution in [2.75, 3.05) is 13.1 Å². The van der Waals surface area contributed by atoms with Crippen LogP contribution in [0.15, 0.2) is 30.3 Å². The maximum Gasteiger partial charge on any atom is 0.225 e. The van der Waals surface area contributed by atoms with Crippen LogP contribution in [0.3, 0.4) is 0 Å². The van der Waals surface area contributed by atoms with Crippen molar-refractivity contribution in [2.45, 2.75) is 51.5 Å². The molecule has 6 nitrogen and oxygen atoms in total. The number of rotatable bonds is 7. The van der Waals surface area contributed by atoms with Gasteiger partial charge in [0.2, 0.25) is 11.8 Å². The minimum Gasteiger partial charge on any atom is -0.350 e. The number of fused-ring (bicyclic) bond motifs is 1. The van der Waals surface area contributed by atoms with E-state index in [4.69, 9.17) is 0 Å². The molecule has 0 radical (unpaired) electrons. The Morgan fingerprint density at radius 1 is 1.21 bits per heavy atom. The Balaban J connectivity index is 1.26. The number of H-pyrrole nitrogens is 1. The number of aryl methyl sites for hydroxylation is 2. The van der Waals surface area contributed by atoms with Gasteiger partial charge in [0.25, 0.3) is 0 Å². The van der Waals surface area contributed by atoms with Gasteiger partial charge < -0.3 is 10.2 Å². The number of likely N-dealkylation sites (tertiary alicyclic amines) is 1. The molecule has 1 aliphatic heterocycles. The van der Waals surface area contributed by atoms with E-state index in [1.165, 1.54) is 16.8 Å². The summed E-state index contributed by atoms with van der Waals surface area (Å²) in [6, 6.07) is 10.3. The van der Waals surface area contributed by atoms with Crippen LogP contribution in [0.4, 0.5) is 0 Å². The molecule has 0 unspecified atom stereocenters. The van der Waals surface area contributed by atoms with Gasteiger partial charge in [-0.15, -0.1) is 0 Å². The van der Waals surface area contributed by atoms with Crippen molar-refractivity contribution >= 4 is 11.8 Å². The molecule has 2 aromatic rings. The average Bonchev–Trinajstić information content (AvgIpc) is 3.33. The Kier molecular flexibility index (Phi) is 5.74. The lowest BCUT2D eigenvalue weighted by atomic mass is 9.96. The van der Waals surface area contributed by atoms with Crippen LogP contribution in [0.1, 0.15) is 48.2 Å². The molecule has 4 rings (SSSR count). The van der Waals surface area contributed by atoms with Gasteiger partial charge >= 0.3 is 0 Å². The summed E-state index contributed by atoms with van der Waals surface area (Å²) < 4.78 is 0. The topological polar surface area (TPSA) is 78.1 Å². The first-order chi connectivity index (χ1) is 13.7. The molecule has 148 valence electrons. The molecule has 0 spiro atoms. The molecule has 2 amide bonds. The van der Waals surface area contributed by atoms with Crippen LogP contribution in [0, 0.1) is 5.92 Å². The first kappa shape index (κ1) is 18.7. The van der Waals surface area contributed by atoms with Gasteiger partial charge in [-0.3, -0.25) is 14.7 Å². The predicted octanol–water partition coefficient (Wildman–Crippen LogP) is 2.39. The van der Waals surface area contributed by atoms with E-state index in [0.717, 1.165) is 37.8 Å². The molecule has 2 heterocycles. The van der Waals surface area contributed by atoms with Gasteiger partial charge in [-0.05, 0) is 49.7 Å². The molecule has 2 aliphatic rings. The van der Waals surface area contributed by atoms with Gasteiger partial charge in [0.15, 0.2) is 0 Å². The number of hydrogen-bond donors (Lipinski definition) is 2. The fraction of sp³-hybridized carbons (Fsp3) is 0.500. The van der Waals surface area contributed by atoms with E-state index in [1.807, 2.05) is 23.1 Å². The summed E-state index contributed by atoms with van der Waals surface area (Å²) in [5, 5.41) is 10.5. The Labute approximate surface area is 165 Å². The molecule has 2 N–H and O–H groups in total.